The fourth-order valence-corrected chi connectivity index (χ4v) is 2.88. The van der Waals surface area contributed by atoms with Crippen molar-refractivity contribution in [3.05, 3.63) is 30.7 Å². The first kappa shape index (κ1) is 16.4. The van der Waals surface area contributed by atoms with Crippen LogP contribution in [0, 0.1) is 0 Å². The molecule has 0 aliphatic carbocycles. The van der Waals surface area contributed by atoms with Gasteiger partial charge in [-0.3, -0.25) is 4.79 Å². The molecule has 128 valence electrons. The van der Waals surface area contributed by atoms with E-state index in [1.54, 1.807) is 11.8 Å². The van der Waals surface area contributed by atoms with Crippen molar-refractivity contribution in [3.8, 4) is 17.2 Å². The Morgan fingerprint density at radius 2 is 2.04 bits per heavy atom. The molecule has 1 aliphatic rings. The number of aromatic nitrogens is 2. The number of carbonyl (C=O) groups excluding carboxylic acids is 1. The van der Waals surface area contributed by atoms with E-state index < -0.39 is 6.10 Å². The Morgan fingerprint density at radius 3 is 2.62 bits per heavy atom. The van der Waals surface area contributed by atoms with E-state index in [4.69, 9.17) is 9.15 Å². The van der Waals surface area contributed by atoms with Gasteiger partial charge in [-0.2, -0.15) is 0 Å². The zero-order valence-corrected chi connectivity index (χ0v) is 14.1. The molecule has 24 heavy (non-hydrogen) atoms. The lowest BCUT2D eigenvalue weighted by molar-refractivity contribution is -0.902. The summed E-state index contributed by atoms with van der Waals surface area (Å²) >= 11 is 0. The van der Waals surface area contributed by atoms with Crippen molar-refractivity contribution >= 4 is 5.91 Å². The van der Waals surface area contributed by atoms with Gasteiger partial charge >= 0.3 is 0 Å². The van der Waals surface area contributed by atoms with Gasteiger partial charge in [-0.1, -0.05) is 0 Å². The molecule has 0 unspecified atom stereocenters. The third kappa shape index (κ3) is 3.73. The highest BCUT2D eigenvalue weighted by molar-refractivity contribution is 5.81. The van der Waals surface area contributed by atoms with E-state index >= 15 is 0 Å². The van der Waals surface area contributed by atoms with Gasteiger partial charge < -0.3 is 19.0 Å². The summed E-state index contributed by atoms with van der Waals surface area (Å²) in [6.07, 6.45) is 0.794. The topological polar surface area (TPSA) is 72.9 Å². The van der Waals surface area contributed by atoms with E-state index in [-0.39, 0.29) is 5.91 Å². The molecule has 1 atom stereocenters. The molecule has 2 heterocycles. The number of benzene rings is 1. The monoisotopic (exact) mass is 331 g/mol. The van der Waals surface area contributed by atoms with Crippen LogP contribution in [-0.4, -0.2) is 59.8 Å². The first-order valence-electron chi connectivity index (χ1n) is 8.33. The SMILES string of the molecule is CC[NH+]1CCN(C(=O)[C@@H](C)Oc2ccc(-c3nnco3)cc2)CC1. The predicted molar refractivity (Wildman–Crippen MR) is 87.6 cm³/mol. The Kier molecular flexibility index (Phi) is 5.10. The van der Waals surface area contributed by atoms with Crippen LogP contribution in [0.5, 0.6) is 5.75 Å². The Morgan fingerprint density at radius 1 is 1.33 bits per heavy atom. The average molecular weight is 331 g/mol. The molecule has 1 amide bonds. The summed E-state index contributed by atoms with van der Waals surface area (Å²) in [4.78, 5) is 16.0. The Bertz CT molecular complexity index is 649. The number of carbonyl (C=O) groups is 1. The fourth-order valence-electron chi connectivity index (χ4n) is 2.88. The molecule has 7 nitrogen and oxygen atoms in total. The summed E-state index contributed by atoms with van der Waals surface area (Å²) in [6, 6.07) is 7.29. The molecule has 0 saturated carbocycles. The van der Waals surface area contributed by atoms with E-state index in [2.05, 4.69) is 17.1 Å². The maximum atomic E-state index is 12.5. The van der Waals surface area contributed by atoms with Gasteiger partial charge in [-0.05, 0) is 38.1 Å². The normalized spacial score (nSPS) is 16.8. The number of nitrogens with one attached hydrogen (secondary N) is 1. The van der Waals surface area contributed by atoms with Crippen molar-refractivity contribution in [1.82, 2.24) is 15.1 Å². The Hall–Kier alpha value is -2.41. The van der Waals surface area contributed by atoms with Crippen LogP contribution in [0.2, 0.25) is 0 Å². The number of hydrogen-bond acceptors (Lipinski definition) is 5. The van der Waals surface area contributed by atoms with Gasteiger partial charge in [-0.15, -0.1) is 10.2 Å². The van der Waals surface area contributed by atoms with Crippen molar-refractivity contribution in [2.24, 2.45) is 0 Å². The summed E-state index contributed by atoms with van der Waals surface area (Å²) in [7, 11) is 0. The number of amides is 1. The molecule has 2 aromatic rings. The lowest BCUT2D eigenvalue weighted by Gasteiger charge is -2.33. The summed E-state index contributed by atoms with van der Waals surface area (Å²) in [5, 5.41) is 7.52. The minimum absolute atomic E-state index is 0.0473. The quantitative estimate of drug-likeness (QED) is 0.850. The van der Waals surface area contributed by atoms with E-state index in [0.717, 1.165) is 38.3 Å². The van der Waals surface area contributed by atoms with Gasteiger partial charge in [-0.25, -0.2) is 0 Å². The number of piperazine rings is 1. The molecule has 0 radical (unpaired) electrons. The zero-order chi connectivity index (χ0) is 16.9. The lowest BCUT2D eigenvalue weighted by Crippen LogP contribution is -3.14. The van der Waals surface area contributed by atoms with Gasteiger partial charge in [0.2, 0.25) is 12.3 Å². The zero-order valence-electron chi connectivity index (χ0n) is 14.1. The predicted octanol–water partition coefficient (Wildman–Crippen LogP) is 0.251. The van der Waals surface area contributed by atoms with Crippen LogP contribution in [0.15, 0.2) is 35.1 Å². The molecule has 1 aromatic heterocycles. The maximum Gasteiger partial charge on any atom is 0.263 e. The third-order valence-corrected chi connectivity index (χ3v) is 4.40. The molecule has 0 bridgehead atoms. The number of nitrogens with zero attached hydrogens (tertiary/aromatic N) is 3. The van der Waals surface area contributed by atoms with Crippen LogP contribution in [0.4, 0.5) is 0 Å². The highest BCUT2D eigenvalue weighted by Gasteiger charge is 2.27. The second-order valence-corrected chi connectivity index (χ2v) is 5.96. The van der Waals surface area contributed by atoms with Crippen molar-refractivity contribution in [1.29, 1.82) is 0 Å². The van der Waals surface area contributed by atoms with Gasteiger partial charge in [0.25, 0.3) is 5.91 Å². The molecule has 3 rings (SSSR count). The van der Waals surface area contributed by atoms with Crippen LogP contribution < -0.4 is 9.64 Å². The highest BCUT2D eigenvalue weighted by atomic mass is 16.5. The summed E-state index contributed by atoms with van der Waals surface area (Å²) < 4.78 is 10.9. The van der Waals surface area contributed by atoms with Crippen LogP contribution in [0.3, 0.4) is 0 Å². The number of ether oxygens (including phenoxy) is 1. The second-order valence-electron chi connectivity index (χ2n) is 5.96. The first-order valence-corrected chi connectivity index (χ1v) is 8.33. The smallest absolute Gasteiger partial charge is 0.263 e. The molecular weight excluding hydrogens is 308 g/mol. The van der Waals surface area contributed by atoms with Gasteiger partial charge in [0.05, 0.1) is 32.7 Å². The van der Waals surface area contributed by atoms with Gasteiger partial charge in [0.15, 0.2) is 6.10 Å². The summed E-state index contributed by atoms with van der Waals surface area (Å²) in [6.45, 7) is 8.70. The maximum absolute atomic E-state index is 12.5. The van der Waals surface area contributed by atoms with E-state index in [1.165, 1.54) is 6.39 Å². The van der Waals surface area contributed by atoms with Crippen molar-refractivity contribution in [3.63, 3.8) is 0 Å². The molecular formula is C17H23N4O3+. The largest absolute Gasteiger partial charge is 0.481 e. The molecule has 1 fully saturated rings. The van der Waals surface area contributed by atoms with Crippen LogP contribution in [0.1, 0.15) is 13.8 Å². The Labute approximate surface area is 141 Å². The Balaban J connectivity index is 1.56. The van der Waals surface area contributed by atoms with Crippen LogP contribution in [0.25, 0.3) is 11.5 Å². The van der Waals surface area contributed by atoms with Gasteiger partial charge in [0, 0.05) is 5.56 Å². The van der Waals surface area contributed by atoms with Crippen LogP contribution in [-0.2, 0) is 4.79 Å². The number of hydrogen-bond donors (Lipinski definition) is 1. The fraction of sp³-hybridized carbons (Fsp3) is 0.471. The molecule has 1 N–H and O–H groups in total. The minimum atomic E-state index is -0.498. The number of likely N-dealkylation sites (N-methyl/N-ethyl adjacent to an activating group) is 1. The molecule has 7 heteroatoms. The standard InChI is InChI=1S/C17H22N4O3/c1-3-20-8-10-21(11-9-20)17(22)13(2)24-15-6-4-14(5-7-15)16-19-18-12-23-16/h4-7,12-13H,3,8-11H2,1-2H3/p+1/t13-/m1/s1. The summed E-state index contributed by atoms with van der Waals surface area (Å²) in [5.74, 6) is 1.16. The van der Waals surface area contributed by atoms with Crippen molar-refractivity contribution in [2.45, 2.75) is 20.0 Å². The molecule has 1 saturated heterocycles. The number of rotatable bonds is 5. The van der Waals surface area contributed by atoms with E-state index in [1.807, 2.05) is 29.2 Å². The molecule has 1 aromatic carbocycles. The second kappa shape index (κ2) is 7.44. The third-order valence-electron chi connectivity index (χ3n) is 4.40. The summed E-state index contributed by atoms with van der Waals surface area (Å²) in [5.41, 5.74) is 0.817. The van der Waals surface area contributed by atoms with Crippen molar-refractivity contribution in [2.75, 3.05) is 32.7 Å². The highest BCUT2D eigenvalue weighted by Crippen LogP contribution is 2.21. The van der Waals surface area contributed by atoms with Crippen molar-refractivity contribution < 1.29 is 18.8 Å². The molecule has 1 aliphatic heterocycles. The van der Waals surface area contributed by atoms with E-state index in [9.17, 15) is 4.79 Å². The first-order chi connectivity index (χ1) is 11.7. The lowest BCUT2D eigenvalue weighted by atomic mass is 10.2. The van der Waals surface area contributed by atoms with Crippen LogP contribution >= 0.6 is 0 Å². The molecule has 0 spiro atoms. The minimum Gasteiger partial charge on any atom is -0.481 e. The van der Waals surface area contributed by atoms with Gasteiger partial charge in [0.1, 0.15) is 5.75 Å². The van der Waals surface area contributed by atoms with E-state index in [0.29, 0.717) is 11.6 Å². The number of quaternary nitrogens is 1. The average Bonchev–Trinajstić information content (AvgIpc) is 3.16.